The summed E-state index contributed by atoms with van der Waals surface area (Å²) in [6.45, 7) is 2.04. The van der Waals surface area contributed by atoms with Crippen molar-refractivity contribution in [1.29, 1.82) is 0 Å². The number of rotatable bonds is 3. The van der Waals surface area contributed by atoms with Crippen molar-refractivity contribution in [2.45, 2.75) is 13.5 Å². The van der Waals surface area contributed by atoms with Crippen molar-refractivity contribution in [3.63, 3.8) is 0 Å². The van der Waals surface area contributed by atoms with Gasteiger partial charge in [-0.25, -0.2) is 4.68 Å². The van der Waals surface area contributed by atoms with Crippen LogP contribution in [0.15, 0.2) is 24.4 Å². The molecule has 0 atom stereocenters. The largest absolute Gasteiger partial charge is 0.325 e. The number of aryl methyl sites for hydroxylation is 1. The van der Waals surface area contributed by atoms with Gasteiger partial charge in [0.2, 0.25) is 0 Å². The maximum atomic E-state index is 10.9. The van der Waals surface area contributed by atoms with Crippen LogP contribution in [0.3, 0.4) is 0 Å². The summed E-state index contributed by atoms with van der Waals surface area (Å²) in [6, 6.07) is 4.92. The third kappa shape index (κ3) is 2.13. The molecule has 0 bridgehead atoms. The van der Waals surface area contributed by atoms with Gasteiger partial charge < -0.3 is 5.73 Å². The quantitative estimate of drug-likeness (QED) is 0.628. The van der Waals surface area contributed by atoms with Crippen molar-refractivity contribution in [2.24, 2.45) is 5.73 Å². The van der Waals surface area contributed by atoms with Gasteiger partial charge in [-0.2, -0.15) is 0 Å². The fourth-order valence-corrected chi connectivity index (χ4v) is 1.48. The highest BCUT2D eigenvalue weighted by Crippen LogP contribution is 2.23. The Hall–Kier alpha value is -2.28. The lowest BCUT2D eigenvalue weighted by atomic mass is 10.2. The molecule has 0 spiro atoms. The first kappa shape index (κ1) is 11.2. The van der Waals surface area contributed by atoms with Gasteiger partial charge in [0.1, 0.15) is 5.69 Å². The first-order chi connectivity index (χ1) is 8.11. The molecule has 7 nitrogen and oxygen atoms in total. The predicted molar refractivity (Wildman–Crippen MR) is 60.6 cm³/mol. The van der Waals surface area contributed by atoms with Crippen LogP contribution in [-0.2, 0) is 6.54 Å². The Morgan fingerprint density at radius 2 is 2.29 bits per heavy atom. The maximum absolute atomic E-state index is 10.9. The van der Waals surface area contributed by atoms with Gasteiger partial charge in [-0.3, -0.25) is 10.1 Å². The third-order valence-electron chi connectivity index (χ3n) is 2.32. The molecule has 0 radical (unpaired) electrons. The third-order valence-corrected chi connectivity index (χ3v) is 2.32. The summed E-state index contributed by atoms with van der Waals surface area (Å²) in [6.07, 6.45) is 1.58. The highest BCUT2D eigenvalue weighted by Gasteiger charge is 2.16. The number of benzene rings is 1. The molecular weight excluding hydrogens is 222 g/mol. The van der Waals surface area contributed by atoms with Gasteiger partial charge in [0.25, 0.3) is 5.69 Å². The summed E-state index contributed by atoms with van der Waals surface area (Å²) in [5.41, 5.74) is 7.20. The van der Waals surface area contributed by atoms with Gasteiger partial charge in [0.05, 0.1) is 16.8 Å². The fraction of sp³-hybridized carbons (Fsp3) is 0.200. The summed E-state index contributed by atoms with van der Waals surface area (Å²) in [5.74, 6) is 0. The molecule has 0 unspecified atom stereocenters. The molecule has 17 heavy (non-hydrogen) atoms. The van der Waals surface area contributed by atoms with E-state index < -0.39 is 4.92 Å². The summed E-state index contributed by atoms with van der Waals surface area (Å²) < 4.78 is 1.36. The van der Waals surface area contributed by atoms with Gasteiger partial charge in [-0.05, 0) is 18.6 Å². The summed E-state index contributed by atoms with van der Waals surface area (Å²) in [7, 11) is 0. The molecule has 88 valence electrons. The minimum atomic E-state index is -0.438. The van der Waals surface area contributed by atoms with E-state index >= 15 is 0 Å². The van der Waals surface area contributed by atoms with E-state index in [-0.39, 0.29) is 12.2 Å². The number of aromatic nitrogens is 3. The number of nitro benzene ring substituents is 1. The number of hydrogen-bond acceptors (Lipinski definition) is 5. The van der Waals surface area contributed by atoms with Crippen molar-refractivity contribution in [3.8, 4) is 5.69 Å². The normalized spacial score (nSPS) is 10.5. The molecule has 0 aliphatic carbocycles. The maximum Gasteiger partial charge on any atom is 0.295 e. The SMILES string of the molecule is Cc1ccc(-n2cc(CN)nn2)c([N+](=O)[O-])c1. The average Bonchev–Trinajstić information content (AvgIpc) is 2.77. The van der Waals surface area contributed by atoms with Gasteiger partial charge in [0.15, 0.2) is 0 Å². The number of nitrogens with two attached hydrogens (primary N) is 1. The van der Waals surface area contributed by atoms with E-state index in [0.717, 1.165) is 5.56 Å². The molecule has 0 fully saturated rings. The highest BCUT2D eigenvalue weighted by molar-refractivity contribution is 5.53. The molecule has 1 aromatic carbocycles. The van der Waals surface area contributed by atoms with Crippen LogP contribution in [0.1, 0.15) is 11.3 Å². The van der Waals surface area contributed by atoms with E-state index in [1.807, 2.05) is 0 Å². The molecule has 1 aromatic heterocycles. The Kier molecular flexibility index (Phi) is 2.84. The lowest BCUT2D eigenvalue weighted by Crippen LogP contribution is -2.01. The highest BCUT2D eigenvalue weighted by atomic mass is 16.6. The molecule has 0 aliphatic rings. The summed E-state index contributed by atoms with van der Waals surface area (Å²) in [5, 5.41) is 18.6. The molecule has 0 aliphatic heterocycles. The van der Waals surface area contributed by atoms with Gasteiger partial charge in [0, 0.05) is 12.6 Å². The van der Waals surface area contributed by atoms with Gasteiger partial charge >= 0.3 is 0 Å². The van der Waals surface area contributed by atoms with E-state index in [2.05, 4.69) is 10.3 Å². The van der Waals surface area contributed by atoms with Crippen LogP contribution >= 0.6 is 0 Å². The van der Waals surface area contributed by atoms with Crippen LogP contribution in [0.25, 0.3) is 5.69 Å². The average molecular weight is 233 g/mol. The van der Waals surface area contributed by atoms with Crippen LogP contribution in [0.2, 0.25) is 0 Å². The second-order valence-electron chi connectivity index (χ2n) is 3.61. The van der Waals surface area contributed by atoms with Crippen molar-refractivity contribution in [3.05, 3.63) is 45.8 Å². The Morgan fingerprint density at radius 1 is 1.53 bits per heavy atom. The first-order valence-corrected chi connectivity index (χ1v) is 4.98. The number of nitro groups is 1. The van der Waals surface area contributed by atoms with Crippen molar-refractivity contribution in [2.75, 3.05) is 0 Å². The molecule has 0 saturated heterocycles. The number of nitrogens with zero attached hydrogens (tertiary/aromatic N) is 4. The van der Waals surface area contributed by atoms with E-state index in [9.17, 15) is 10.1 Å². The molecular formula is C10H11N5O2. The lowest BCUT2D eigenvalue weighted by Gasteiger charge is -2.02. The van der Waals surface area contributed by atoms with E-state index in [1.54, 1.807) is 25.3 Å². The Labute approximate surface area is 97.0 Å². The molecule has 7 heteroatoms. The molecule has 1 heterocycles. The molecule has 2 rings (SSSR count). The van der Waals surface area contributed by atoms with E-state index in [4.69, 9.17) is 5.73 Å². The standard InChI is InChI=1S/C10H11N5O2/c1-7-2-3-9(10(4-7)15(16)17)14-6-8(5-11)12-13-14/h2-4,6H,5,11H2,1H3. The Morgan fingerprint density at radius 3 is 2.88 bits per heavy atom. The van der Waals surface area contributed by atoms with Gasteiger partial charge in [-0.1, -0.05) is 11.3 Å². The summed E-state index contributed by atoms with van der Waals surface area (Å²) in [4.78, 5) is 10.5. The van der Waals surface area contributed by atoms with Crippen molar-refractivity contribution >= 4 is 5.69 Å². The van der Waals surface area contributed by atoms with Crippen LogP contribution in [0, 0.1) is 17.0 Å². The van der Waals surface area contributed by atoms with Gasteiger partial charge in [-0.15, -0.1) is 5.10 Å². The van der Waals surface area contributed by atoms with Crippen LogP contribution in [0.4, 0.5) is 5.69 Å². The minimum Gasteiger partial charge on any atom is -0.325 e. The molecule has 2 N–H and O–H groups in total. The molecule has 2 aromatic rings. The van der Waals surface area contributed by atoms with E-state index in [0.29, 0.717) is 11.4 Å². The number of hydrogen-bond donors (Lipinski definition) is 1. The molecule has 0 amide bonds. The van der Waals surface area contributed by atoms with Crippen LogP contribution < -0.4 is 5.73 Å². The smallest absolute Gasteiger partial charge is 0.295 e. The Bertz CT molecular complexity index is 564. The first-order valence-electron chi connectivity index (χ1n) is 4.98. The zero-order valence-corrected chi connectivity index (χ0v) is 9.20. The van der Waals surface area contributed by atoms with Crippen molar-refractivity contribution < 1.29 is 4.92 Å². The fourth-order valence-electron chi connectivity index (χ4n) is 1.48. The van der Waals surface area contributed by atoms with E-state index in [1.165, 1.54) is 10.7 Å². The second kappa shape index (κ2) is 4.30. The Balaban J connectivity index is 2.54. The van der Waals surface area contributed by atoms with Crippen molar-refractivity contribution in [1.82, 2.24) is 15.0 Å². The monoisotopic (exact) mass is 233 g/mol. The topological polar surface area (TPSA) is 99.9 Å². The second-order valence-corrected chi connectivity index (χ2v) is 3.61. The zero-order chi connectivity index (χ0) is 12.4. The minimum absolute atomic E-state index is 0.00142. The van der Waals surface area contributed by atoms with Crippen LogP contribution in [0.5, 0.6) is 0 Å². The predicted octanol–water partition coefficient (Wildman–Crippen LogP) is 0.943. The van der Waals surface area contributed by atoms with Crippen LogP contribution in [-0.4, -0.2) is 19.9 Å². The zero-order valence-electron chi connectivity index (χ0n) is 9.20. The summed E-state index contributed by atoms with van der Waals surface area (Å²) >= 11 is 0. The molecule has 0 saturated carbocycles. The lowest BCUT2D eigenvalue weighted by molar-refractivity contribution is -0.384.